The summed E-state index contributed by atoms with van der Waals surface area (Å²) in [7, 11) is 4.12. The van der Waals surface area contributed by atoms with Gasteiger partial charge in [-0.2, -0.15) is 0 Å². The Bertz CT molecular complexity index is 1680. The van der Waals surface area contributed by atoms with E-state index in [1.165, 1.54) is 11.3 Å². The molecule has 0 atom stereocenters. The number of pyridine rings is 1. The second kappa shape index (κ2) is 13.2. The van der Waals surface area contributed by atoms with Crippen molar-refractivity contribution in [2.75, 3.05) is 37.4 Å². The van der Waals surface area contributed by atoms with Crippen molar-refractivity contribution in [2.45, 2.75) is 44.7 Å². The Balaban J connectivity index is 1.15. The Morgan fingerprint density at radius 2 is 1.82 bits per heavy atom. The topological polar surface area (TPSA) is 98.8 Å². The van der Waals surface area contributed by atoms with Crippen LogP contribution in [0.1, 0.15) is 40.9 Å². The van der Waals surface area contributed by atoms with Gasteiger partial charge in [0.25, 0.3) is 5.91 Å². The third kappa shape index (κ3) is 6.47. The zero-order chi connectivity index (χ0) is 30.6. The van der Waals surface area contributed by atoms with Crippen LogP contribution in [0.3, 0.4) is 0 Å². The summed E-state index contributed by atoms with van der Waals surface area (Å²) in [6, 6.07) is 17.3. The summed E-state index contributed by atoms with van der Waals surface area (Å²) >= 11 is 1.32. The van der Waals surface area contributed by atoms with Gasteiger partial charge in [-0.3, -0.25) is 9.69 Å². The molecule has 0 saturated heterocycles. The third-order valence-electron chi connectivity index (χ3n) is 8.06. The molecule has 228 valence electrons. The molecule has 0 unspecified atom stereocenters. The number of ether oxygens (including phenoxy) is 1. The zero-order valence-corrected chi connectivity index (χ0v) is 26.1. The van der Waals surface area contributed by atoms with E-state index in [0.717, 1.165) is 61.2 Å². The van der Waals surface area contributed by atoms with Gasteiger partial charge in [-0.05, 0) is 88.7 Å². The Morgan fingerprint density at radius 3 is 2.57 bits per heavy atom. The van der Waals surface area contributed by atoms with E-state index in [1.54, 1.807) is 11.1 Å². The molecule has 10 heteroatoms. The van der Waals surface area contributed by atoms with Gasteiger partial charge in [0.15, 0.2) is 0 Å². The largest absolute Gasteiger partial charge is 0.457 e. The number of thiophene rings is 1. The number of hydrogen-bond donors (Lipinski definition) is 3. The van der Waals surface area contributed by atoms with E-state index in [-0.39, 0.29) is 18.0 Å². The highest BCUT2D eigenvalue weighted by atomic mass is 32.1. The summed E-state index contributed by atoms with van der Waals surface area (Å²) in [6.07, 6.45) is 9.89. The number of benzene rings is 2. The molecule has 44 heavy (non-hydrogen) atoms. The normalized spacial score (nSPS) is 18.2. The van der Waals surface area contributed by atoms with Gasteiger partial charge in [0.05, 0.1) is 22.4 Å². The van der Waals surface area contributed by atoms with E-state index in [2.05, 4.69) is 52.1 Å². The number of para-hydroxylation sites is 1. The molecule has 3 heterocycles. The maximum Gasteiger partial charge on any atom is 0.331 e. The first-order chi connectivity index (χ1) is 21.4. The van der Waals surface area contributed by atoms with E-state index >= 15 is 0 Å². The first kappa shape index (κ1) is 29.8. The molecule has 3 N–H and O–H groups in total. The van der Waals surface area contributed by atoms with E-state index in [0.29, 0.717) is 32.9 Å². The molecule has 1 saturated carbocycles. The van der Waals surface area contributed by atoms with Crippen LogP contribution in [-0.2, 0) is 0 Å². The minimum Gasteiger partial charge on any atom is -0.457 e. The van der Waals surface area contributed by atoms with Crippen molar-refractivity contribution >= 4 is 50.6 Å². The quantitative estimate of drug-likeness (QED) is 0.170. The number of rotatable bonds is 10. The fourth-order valence-electron chi connectivity index (χ4n) is 5.85. The molecule has 3 amide bonds. The van der Waals surface area contributed by atoms with Crippen LogP contribution in [0.25, 0.3) is 10.2 Å². The highest BCUT2D eigenvalue weighted by molar-refractivity contribution is 7.21. The maximum atomic E-state index is 13.6. The van der Waals surface area contributed by atoms with E-state index in [4.69, 9.17) is 4.74 Å². The predicted molar refractivity (Wildman–Crippen MR) is 178 cm³/mol. The molecule has 2 aromatic heterocycles. The van der Waals surface area contributed by atoms with Crippen LogP contribution in [0.5, 0.6) is 11.5 Å². The lowest BCUT2D eigenvalue weighted by molar-refractivity contribution is 0.0929. The Kier molecular flexibility index (Phi) is 8.92. The number of aryl methyl sites for hydroxylation is 1. The number of nitrogens with zero attached hydrogens (tertiary/aromatic N) is 3. The average molecular weight is 611 g/mol. The van der Waals surface area contributed by atoms with Gasteiger partial charge in [0.1, 0.15) is 21.2 Å². The fraction of sp³-hybridized carbons (Fsp3) is 0.324. The lowest BCUT2D eigenvalue weighted by Gasteiger charge is -2.30. The molecule has 2 aliphatic rings. The molecule has 4 aromatic rings. The molecular formula is C34H38N6O3S. The number of carbonyl (C=O) groups is 2. The lowest BCUT2D eigenvalue weighted by atomic mass is 9.91. The molecule has 6 rings (SSSR count). The first-order valence-electron chi connectivity index (χ1n) is 15.1. The van der Waals surface area contributed by atoms with Gasteiger partial charge < -0.3 is 25.6 Å². The number of anilines is 3. The van der Waals surface area contributed by atoms with Crippen LogP contribution in [0, 0.1) is 6.92 Å². The molecule has 0 spiro atoms. The van der Waals surface area contributed by atoms with E-state index in [1.807, 2.05) is 61.5 Å². The minimum absolute atomic E-state index is 0.102. The number of aromatic nitrogens is 1. The number of amides is 3. The van der Waals surface area contributed by atoms with Gasteiger partial charge in [-0.15, -0.1) is 11.3 Å². The standard InChI is InChI=1S/C34H38N6O3S/c1-22-21-26(43-25-9-5-4-6-10-25)15-16-27(22)40-28-17-19-36-33-29(28)30(38-34(40)42)31(44-33)32(41)37-24-13-11-23(12-14-24)35-18-7-8-20-39(2)3/h4-10,15-17,19,21,23-24,35H,11-14,18,20H2,1-3H3,(H,37,41)(H,38,42)/b8-7+/t23-,24+. The van der Waals surface area contributed by atoms with Crippen LogP contribution in [0.4, 0.5) is 21.9 Å². The van der Waals surface area contributed by atoms with Gasteiger partial charge in [0.2, 0.25) is 0 Å². The van der Waals surface area contributed by atoms with Crippen molar-refractivity contribution in [1.82, 2.24) is 20.5 Å². The van der Waals surface area contributed by atoms with Gasteiger partial charge in [-0.1, -0.05) is 30.4 Å². The third-order valence-corrected chi connectivity index (χ3v) is 9.16. The Morgan fingerprint density at radius 1 is 1.05 bits per heavy atom. The highest BCUT2D eigenvalue weighted by Gasteiger charge is 2.34. The smallest absolute Gasteiger partial charge is 0.331 e. The number of urea groups is 1. The second-order valence-electron chi connectivity index (χ2n) is 11.6. The van der Waals surface area contributed by atoms with Gasteiger partial charge in [-0.25, -0.2) is 9.78 Å². The number of hydrogen-bond acceptors (Lipinski definition) is 7. The van der Waals surface area contributed by atoms with Crippen molar-refractivity contribution in [3.63, 3.8) is 0 Å². The fourth-order valence-corrected chi connectivity index (χ4v) is 6.87. The van der Waals surface area contributed by atoms with Gasteiger partial charge >= 0.3 is 6.03 Å². The summed E-state index contributed by atoms with van der Waals surface area (Å²) in [5.74, 6) is 1.27. The lowest BCUT2D eigenvalue weighted by Crippen LogP contribution is -2.42. The Labute approximate surface area is 261 Å². The molecule has 1 fully saturated rings. The number of nitrogens with one attached hydrogen (secondary N) is 3. The van der Waals surface area contributed by atoms with Crippen LogP contribution in [-0.4, -0.2) is 61.1 Å². The molecule has 1 aliphatic heterocycles. The van der Waals surface area contributed by atoms with Crippen LogP contribution in [0.15, 0.2) is 72.9 Å². The van der Waals surface area contributed by atoms with Crippen molar-refractivity contribution in [2.24, 2.45) is 0 Å². The monoisotopic (exact) mass is 610 g/mol. The van der Waals surface area contributed by atoms with E-state index in [9.17, 15) is 9.59 Å². The molecule has 0 bridgehead atoms. The molecule has 0 radical (unpaired) electrons. The van der Waals surface area contributed by atoms with Gasteiger partial charge in [0, 0.05) is 31.4 Å². The number of carbonyl (C=O) groups excluding carboxylic acids is 2. The van der Waals surface area contributed by atoms with Crippen molar-refractivity contribution < 1.29 is 14.3 Å². The van der Waals surface area contributed by atoms with Crippen molar-refractivity contribution in [3.8, 4) is 11.5 Å². The first-order valence-corrected chi connectivity index (χ1v) is 15.9. The summed E-state index contributed by atoms with van der Waals surface area (Å²) in [5.41, 5.74) is 2.85. The molecule has 9 nitrogen and oxygen atoms in total. The summed E-state index contributed by atoms with van der Waals surface area (Å²) < 4.78 is 5.99. The minimum atomic E-state index is -0.316. The highest BCUT2D eigenvalue weighted by Crippen LogP contribution is 2.46. The summed E-state index contributed by atoms with van der Waals surface area (Å²) in [5, 5.41) is 10.6. The summed E-state index contributed by atoms with van der Waals surface area (Å²) in [4.78, 5) is 36.7. The Hall–Kier alpha value is -4.25. The van der Waals surface area contributed by atoms with Crippen LogP contribution in [0.2, 0.25) is 0 Å². The van der Waals surface area contributed by atoms with E-state index < -0.39 is 0 Å². The second-order valence-corrected chi connectivity index (χ2v) is 12.6. The molecule has 2 aromatic carbocycles. The average Bonchev–Trinajstić information content (AvgIpc) is 3.38. The van der Waals surface area contributed by atoms with Crippen LogP contribution < -0.4 is 25.6 Å². The molecular weight excluding hydrogens is 572 g/mol. The van der Waals surface area contributed by atoms with Crippen molar-refractivity contribution in [1.29, 1.82) is 0 Å². The van der Waals surface area contributed by atoms with Crippen LogP contribution >= 0.6 is 11.3 Å². The maximum absolute atomic E-state index is 13.6. The number of likely N-dealkylation sites (N-methyl/N-ethyl adjacent to an activating group) is 1. The SMILES string of the molecule is Cc1cc(Oc2ccccc2)ccc1N1C(=O)Nc2c(C(=O)N[C@H]3CC[C@@H](NC/C=C/CN(C)C)CC3)sc3nccc1c23. The molecule has 1 aliphatic carbocycles. The zero-order valence-electron chi connectivity index (χ0n) is 25.3. The summed E-state index contributed by atoms with van der Waals surface area (Å²) in [6.45, 7) is 3.75. The predicted octanol–water partition coefficient (Wildman–Crippen LogP) is 6.83. The van der Waals surface area contributed by atoms with Crippen molar-refractivity contribution in [3.05, 3.63) is 83.4 Å².